The van der Waals surface area contributed by atoms with Crippen LogP contribution >= 0.6 is 23.8 Å². The topological polar surface area (TPSA) is 89.7 Å². The summed E-state index contributed by atoms with van der Waals surface area (Å²) in [7, 11) is -1.47. The first-order chi connectivity index (χ1) is 9.20. The maximum Gasteiger partial charge on any atom is 0.321 e. The fourth-order valence-electron chi connectivity index (χ4n) is 1.36. The van der Waals surface area contributed by atoms with Gasteiger partial charge in [0.25, 0.3) is 0 Å². The lowest BCUT2D eigenvalue weighted by Gasteiger charge is -2.17. The van der Waals surface area contributed by atoms with Gasteiger partial charge in [-0.3, -0.25) is 4.79 Å². The first kappa shape index (κ1) is 16.8. The fraction of sp³-hybridized carbons (Fsp3) is 0.273. The van der Waals surface area contributed by atoms with Gasteiger partial charge in [0.15, 0.2) is 0 Å². The molecular formula is C11H13ClN2O4S2. The van der Waals surface area contributed by atoms with Crippen LogP contribution in [0.25, 0.3) is 0 Å². The molecule has 0 amide bonds. The molecule has 0 bridgehead atoms. The van der Waals surface area contributed by atoms with Crippen LogP contribution in [0, 0.1) is 0 Å². The van der Waals surface area contributed by atoms with E-state index in [9.17, 15) is 13.2 Å². The number of rotatable bonds is 5. The van der Waals surface area contributed by atoms with E-state index in [1.54, 1.807) is 0 Å². The standard InChI is InChI=1S/C11H13ClN2O4S2/c1-14(6-10(15)18-2)20(16,17)9-4-3-7(11(13)19)5-8(9)12/h3-5H,6H2,1-2H3,(H2,13,19). The molecule has 0 saturated carbocycles. The smallest absolute Gasteiger partial charge is 0.321 e. The summed E-state index contributed by atoms with van der Waals surface area (Å²) in [6.07, 6.45) is 0. The SMILES string of the molecule is COC(=O)CN(C)S(=O)(=O)c1ccc(C(N)=S)cc1Cl. The second-order valence-electron chi connectivity index (χ2n) is 3.85. The van der Waals surface area contributed by atoms with E-state index in [2.05, 4.69) is 4.74 Å². The fourth-order valence-corrected chi connectivity index (χ4v) is 3.12. The Balaban J connectivity index is 3.16. The summed E-state index contributed by atoms with van der Waals surface area (Å²) in [4.78, 5) is 11.1. The zero-order valence-electron chi connectivity index (χ0n) is 10.8. The second kappa shape index (κ2) is 6.49. The summed E-state index contributed by atoms with van der Waals surface area (Å²) in [6.45, 7) is -0.411. The molecule has 0 aromatic heterocycles. The molecule has 110 valence electrons. The van der Waals surface area contributed by atoms with Crippen molar-refractivity contribution < 1.29 is 17.9 Å². The van der Waals surface area contributed by atoms with Crippen molar-refractivity contribution in [3.8, 4) is 0 Å². The van der Waals surface area contributed by atoms with Gasteiger partial charge in [-0.25, -0.2) is 8.42 Å². The van der Waals surface area contributed by atoms with Crippen LogP contribution in [0.5, 0.6) is 0 Å². The van der Waals surface area contributed by atoms with Crippen LogP contribution in [0.2, 0.25) is 5.02 Å². The van der Waals surface area contributed by atoms with Crippen molar-refractivity contribution in [2.45, 2.75) is 4.90 Å². The number of hydrogen-bond acceptors (Lipinski definition) is 5. The Bertz CT molecular complexity index is 646. The van der Waals surface area contributed by atoms with Gasteiger partial charge < -0.3 is 10.5 Å². The minimum Gasteiger partial charge on any atom is -0.468 e. The van der Waals surface area contributed by atoms with Crippen LogP contribution in [-0.2, 0) is 19.6 Å². The number of ether oxygens (including phenoxy) is 1. The maximum absolute atomic E-state index is 12.3. The van der Waals surface area contributed by atoms with E-state index >= 15 is 0 Å². The zero-order valence-corrected chi connectivity index (χ0v) is 13.2. The molecule has 1 rings (SSSR count). The molecule has 0 fully saturated rings. The predicted molar refractivity (Wildman–Crippen MR) is 79.2 cm³/mol. The van der Waals surface area contributed by atoms with Gasteiger partial charge in [0.2, 0.25) is 10.0 Å². The number of nitrogens with zero attached hydrogens (tertiary/aromatic N) is 1. The highest BCUT2D eigenvalue weighted by Crippen LogP contribution is 2.25. The summed E-state index contributed by atoms with van der Waals surface area (Å²) in [6, 6.07) is 4.11. The van der Waals surface area contributed by atoms with Crippen molar-refractivity contribution >= 4 is 44.8 Å². The minimum absolute atomic E-state index is 0.0213. The molecule has 0 aliphatic heterocycles. The van der Waals surface area contributed by atoms with E-state index in [4.69, 9.17) is 29.6 Å². The number of likely N-dealkylation sites (N-methyl/N-ethyl adjacent to an activating group) is 1. The Labute approximate surface area is 127 Å². The number of nitrogens with two attached hydrogens (primary N) is 1. The first-order valence-electron chi connectivity index (χ1n) is 5.32. The maximum atomic E-state index is 12.3. The van der Waals surface area contributed by atoms with Crippen LogP contribution in [0.4, 0.5) is 0 Å². The van der Waals surface area contributed by atoms with Crippen molar-refractivity contribution in [2.75, 3.05) is 20.7 Å². The molecule has 9 heteroatoms. The van der Waals surface area contributed by atoms with Gasteiger partial charge >= 0.3 is 5.97 Å². The summed E-state index contributed by atoms with van der Waals surface area (Å²) < 4.78 is 29.8. The van der Waals surface area contributed by atoms with Gasteiger partial charge in [-0.05, 0) is 12.1 Å². The molecule has 0 aliphatic rings. The van der Waals surface area contributed by atoms with Crippen molar-refractivity contribution in [3.63, 3.8) is 0 Å². The molecule has 1 aromatic rings. The molecule has 0 radical (unpaired) electrons. The third-order valence-corrected chi connectivity index (χ3v) is 5.01. The lowest BCUT2D eigenvalue weighted by molar-refractivity contribution is -0.140. The Hall–Kier alpha value is -1.22. The lowest BCUT2D eigenvalue weighted by atomic mass is 10.2. The second-order valence-corrected chi connectivity index (χ2v) is 6.71. The molecule has 0 unspecified atom stereocenters. The highest BCUT2D eigenvalue weighted by molar-refractivity contribution is 7.89. The largest absolute Gasteiger partial charge is 0.468 e. The number of sulfonamides is 1. The number of hydrogen-bond donors (Lipinski definition) is 1. The zero-order chi connectivity index (χ0) is 15.5. The van der Waals surface area contributed by atoms with Gasteiger partial charge in [-0.1, -0.05) is 29.9 Å². The number of carbonyl (C=O) groups excluding carboxylic acids is 1. The number of benzene rings is 1. The summed E-state index contributed by atoms with van der Waals surface area (Å²) in [5.74, 6) is -0.674. The molecule has 1 aromatic carbocycles. The van der Waals surface area contributed by atoms with E-state index in [1.807, 2.05) is 0 Å². The monoisotopic (exact) mass is 336 g/mol. The normalized spacial score (nSPS) is 11.4. The summed E-state index contributed by atoms with van der Waals surface area (Å²) in [5, 5.41) is -0.0213. The third-order valence-electron chi connectivity index (χ3n) is 2.48. The lowest BCUT2D eigenvalue weighted by Crippen LogP contribution is -2.33. The van der Waals surface area contributed by atoms with Gasteiger partial charge in [0.1, 0.15) is 16.4 Å². The Morgan fingerprint density at radius 2 is 2.10 bits per heavy atom. The highest BCUT2D eigenvalue weighted by Gasteiger charge is 2.25. The third kappa shape index (κ3) is 3.66. The number of methoxy groups -OCH3 is 1. The number of esters is 1. The Kier molecular flexibility index (Phi) is 5.46. The van der Waals surface area contributed by atoms with E-state index in [0.717, 1.165) is 4.31 Å². The Morgan fingerprint density at radius 1 is 1.50 bits per heavy atom. The predicted octanol–water partition coefficient (Wildman–Crippen LogP) is 0.768. The van der Waals surface area contributed by atoms with Crippen LogP contribution in [0.1, 0.15) is 5.56 Å². The van der Waals surface area contributed by atoms with Crippen molar-refractivity contribution in [2.24, 2.45) is 5.73 Å². The van der Waals surface area contributed by atoms with Crippen LogP contribution in [0.15, 0.2) is 23.1 Å². The molecule has 0 atom stereocenters. The van der Waals surface area contributed by atoms with Crippen molar-refractivity contribution in [1.82, 2.24) is 4.31 Å². The molecular weight excluding hydrogens is 324 g/mol. The first-order valence-corrected chi connectivity index (χ1v) is 7.55. The minimum atomic E-state index is -3.90. The quantitative estimate of drug-likeness (QED) is 0.631. The summed E-state index contributed by atoms with van der Waals surface area (Å²) >= 11 is 10.7. The van der Waals surface area contributed by atoms with E-state index in [1.165, 1.54) is 32.4 Å². The number of halogens is 1. The molecule has 0 heterocycles. The van der Waals surface area contributed by atoms with E-state index in [0.29, 0.717) is 5.56 Å². The molecule has 2 N–H and O–H groups in total. The average molecular weight is 337 g/mol. The Morgan fingerprint density at radius 3 is 2.55 bits per heavy atom. The molecule has 0 saturated heterocycles. The van der Waals surface area contributed by atoms with Gasteiger partial charge in [0, 0.05) is 12.6 Å². The van der Waals surface area contributed by atoms with Crippen molar-refractivity contribution in [1.29, 1.82) is 0 Å². The van der Waals surface area contributed by atoms with E-state index in [-0.39, 0.29) is 14.9 Å². The van der Waals surface area contributed by atoms with Crippen LogP contribution in [0.3, 0.4) is 0 Å². The molecule has 20 heavy (non-hydrogen) atoms. The van der Waals surface area contributed by atoms with Crippen molar-refractivity contribution in [3.05, 3.63) is 28.8 Å². The number of thiocarbonyl (C=S) groups is 1. The molecule has 0 aliphatic carbocycles. The highest BCUT2D eigenvalue weighted by atomic mass is 35.5. The van der Waals surface area contributed by atoms with Crippen LogP contribution < -0.4 is 5.73 Å². The molecule has 0 spiro atoms. The molecule has 6 nitrogen and oxygen atoms in total. The van der Waals surface area contributed by atoms with Gasteiger partial charge in [-0.2, -0.15) is 4.31 Å². The van der Waals surface area contributed by atoms with Gasteiger partial charge in [0.05, 0.1) is 12.1 Å². The van der Waals surface area contributed by atoms with Gasteiger partial charge in [-0.15, -0.1) is 0 Å². The van der Waals surface area contributed by atoms with Crippen LogP contribution in [-0.4, -0.2) is 44.4 Å². The number of carbonyl (C=O) groups is 1. The average Bonchev–Trinajstić information content (AvgIpc) is 2.37. The van der Waals surface area contributed by atoms with E-state index < -0.39 is 22.5 Å². The summed E-state index contributed by atoms with van der Waals surface area (Å²) in [5.41, 5.74) is 5.90.